The van der Waals surface area contributed by atoms with E-state index in [4.69, 9.17) is 0 Å². The summed E-state index contributed by atoms with van der Waals surface area (Å²) in [5.74, 6) is 0. The number of hydrogen-bond acceptors (Lipinski definition) is 1. The molecule has 0 radical (unpaired) electrons. The molecule has 0 saturated heterocycles. The largest absolute Gasteiger partial charge is 0.344 e. The Morgan fingerprint density at radius 1 is 0.667 bits per heavy atom. The summed E-state index contributed by atoms with van der Waals surface area (Å²) in [5.41, 5.74) is 0. The third kappa shape index (κ3) is 2.49. The second-order valence-electron chi connectivity index (χ2n) is 1.41. The zero-order chi connectivity index (χ0) is 2.83. The van der Waals surface area contributed by atoms with E-state index in [2.05, 4.69) is 0 Å². The van der Waals surface area contributed by atoms with Gasteiger partial charge in [0, 0.05) is 0 Å². The van der Waals surface area contributed by atoms with Crippen LogP contribution in [-0.4, -0.2) is 0 Å². The average molecular weight is 110 g/mol. The lowest BCUT2D eigenvalue weighted by molar-refractivity contribution is 0.504. The van der Waals surface area contributed by atoms with E-state index in [0.717, 1.165) is 0 Å². The molecule has 0 spiro atoms. The molecular formula is C4H12ClN. The Morgan fingerprint density at radius 3 is 0.833 bits per heavy atom. The number of rotatable bonds is 0. The summed E-state index contributed by atoms with van der Waals surface area (Å²) in [6, 6.07) is 0. The molecule has 1 rings (SSSR count). The van der Waals surface area contributed by atoms with Crippen LogP contribution in [0.2, 0.25) is 0 Å². The lowest BCUT2D eigenvalue weighted by atomic mass is 10.0. The summed E-state index contributed by atoms with van der Waals surface area (Å²) in [6.45, 7) is 0. The smallest absolute Gasteiger partial charge is 0.0533 e. The van der Waals surface area contributed by atoms with Gasteiger partial charge in [0.05, 0.1) is 0 Å². The Bertz CT molecular complexity index is 15.5. The van der Waals surface area contributed by atoms with Gasteiger partial charge in [-0.1, -0.05) is 25.7 Å². The summed E-state index contributed by atoms with van der Waals surface area (Å²) in [7, 11) is 0. The van der Waals surface area contributed by atoms with Crippen LogP contribution < -0.4 is 6.15 Å². The predicted molar refractivity (Wildman–Crippen MR) is 30.7 cm³/mol. The van der Waals surface area contributed by atoms with E-state index in [1.807, 2.05) is 0 Å². The van der Waals surface area contributed by atoms with Crippen LogP contribution in [0.4, 0.5) is 0 Å². The summed E-state index contributed by atoms with van der Waals surface area (Å²) in [4.78, 5) is 0. The molecular weight excluding hydrogens is 97.5 g/mol. The molecule has 1 fully saturated rings. The topological polar surface area (TPSA) is 35.0 Å². The Kier molecular flexibility index (Phi) is 8.35. The standard InChI is InChI=1S/C4H8.ClH.H3N/c1-2-4-3-1;;/h1-4H2;1H;1H3. The number of halogens is 1. The summed E-state index contributed by atoms with van der Waals surface area (Å²) in [6.07, 6.45) is 6.00. The van der Waals surface area contributed by atoms with Gasteiger partial charge in [0.15, 0.2) is 0 Å². The van der Waals surface area contributed by atoms with Gasteiger partial charge in [0.2, 0.25) is 0 Å². The van der Waals surface area contributed by atoms with Crippen molar-refractivity contribution in [3.63, 3.8) is 0 Å². The van der Waals surface area contributed by atoms with Gasteiger partial charge >= 0.3 is 0 Å². The third-order valence-corrected chi connectivity index (χ3v) is 1.000. The minimum atomic E-state index is 0. The molecule has 0 aliphatic heterocycles. The van der Waals surface area contributed by atoms with Crippen molar-refractivity contribution in [1.82, 2.24) is 6.15 Å². The molecule has 1 nitrogen and oxygen atoms in total. The van der Waals surface area contributed by atoms with Crippen molar-refractivity contribution in [3.05, 3.63) is 0 Å². The van der Waals surface area contributed by atoms with E-state index >= 15 is 0 Å². The molecule has 1 aliphatic rings. The van der Waals surface area contributed by atoms with E-state index in [1.165, 1.54) is 25.7 Å². The van der Waals surface area contributed by atoms with Crippen molar-refractivity contribution in [2.45, 2.75) is 25.7 Å². The molecule has 40 valence electrons. The van der Waals surface area contributed by atoms with Gasteiger partial charge in [-0.3, -0.25) is 0 Å². The molecule has 2 heteroatoms. The Labute approximate surface area is 45.1 Å². The van der Waals surface area contributed by atoms with Crippen molar-refractivity contribution in [2.24, 2.45) is 0 Å². The van der Waals surface area contributed by atoms with Crippen LogP contribution in [-0.2, 0) is 0 Å². The maximum Gasteiger partial charge on any atom is -0.0533 e. The van der Waals surface area contributed by atoms with Gasteiger partial charge in [-0.2, -0.15) is 0 Å². The van der Waals surface area contributed by atoms with Crippen LogP contribution in [0.1, 0.15) is 25.7 Å². The van der Waals surface area contributed by atoms with E-state index in [9.17, 15) is 0 Å². The van der Waals surface area contributed by atoms with Gasteiger partial charge in [-0.05, 0) is 0 Å². The fourth-order valence-corrected chi connectivity index (χ4v) is 0.250. The van der Waals surface area contributed by atoms with Crippen LogP contribution >= 0.6 is 12.4 Å². The Morgan fingerprint density at radius 2 is 0.833 bits per heavy atom. The quantitative estimate of drug-likeness (QED) is 0.508. The Hall–Kier alpha value is 0.250. The minimum absolute atomic E-state index is 0. The van der Waals surface area contributed by atoms with Gasteiger partial charge < -0.3 is 6.15 Å². The second-order valence-corrected chi connectivity index (χ2v) is 1.41. The van der Waals surface area contributed by atoms with Crippen LogP contribution in [0.5, 0.6) is 0 Å². The summed E-state index contributed by atoms with van der Waals surface area (Å²) >= 11 is 0. The lowest BCUT2D eigenvalue weighted by Crippen LogP contribution is -1.85. The minimum Gasteiger partial charge on any atom is -0.344 e. The van der Waals surface area contributed by atoms with E-state index in [0.29, 0.717) is 0 Å². The zero-order valence-corrected chi connectivity index (χ0v) is 4.76. The van der Waals surface area contributed by atoms with Crippen molar-refractivity contribution in [3.8, 4) is 0 Å². The molecule has 1 saturated carbocycles. The molecule has 3 N–H and O–H groups in total. The highest BCUT2D eigenvalue weighted by atomic mass is 35.5. The zero-order valence-electron chi connectivity index (χ0n) is 3.94. The van der Waals surface area contributed by atoms with Gasteiger partial charge in [-0.25, -0.2) is 0 Å². The van der Waals surface area contributed by atoms with Crippen LogP contribution in [0.25, 0.3) is 0 Å². The van der Waals surface area contributed by atoms with Gasteiger partial charge in [0.1, 0.15) is 0 Å². The maximum atomic E-state index is 1.50. The molecule has 0 unspecified atom stereocenters. The van der Waals surface area contributed by atoms with Crippen molar-refractivity contribution < 1.29 is 0 Å². The van der Waals surface area contributed by atoms with Gasteiger partial charge in [0.25, 0.3) is 0 Å². The molecule has 0 heterocycles. The molecule has 0 atom stereocenters. The predicted octanol–water partition coefficient (Wildman–Crippen LogP) is 2.14. The normalized spacial score (nSPS) is 16.0. The third-order valence-electron chi connectivity index (χ3n) is 1.000. The second kappa shape index (κ2) is 5.25. The molecule has 0 amide bonds. The first-order chi connectivity index (χ1) is 2.00. The van der Waals surface area contributed by atoms with E-state index in [1.54, 1.807) is 0 Å². The van der Waals surface area contributed by atoms with E-state index in [-0.39, 0.29) is 18.6 Å². The first-order valence-corrected chi connectivity index (χ1v) is 2.00. The maximum absolute atomic E-state index is 1.50. The van der Waals surface area contributed by atoms with Gasteiger partial charge in [-0.15, -0.1) is 12.4 Å². The highest BCUT2D eigenvalue weighted by molar-refractivity contribution is 5.85. The van der Waals surface area contributed by atoms with E-state index < -0.39 is 0 Å². The average Bonchev–Trinajstić information content (AvgIpc) is 0.722. The van der Waals surface area contributed by atoms with Crippen molar-refractivity contribution in [1.29, 1.82) is 0 Å². The highest BCUT2D eigenvalue weighted by Gasteiger charge is 1.95. The first kappa shape index (κ1) is 9.54. The highest BCUT2D eigenvalue weighted by Crippen LogP contribution is 2.15. The molecule has 0 aromatic carbocycles. The van der Waals surface area contributed by atoms with Crippen molar-refractivity contribution in [2.75, 3.05) is 0 Å². The Balaban J connectivity index is 0. The monoisotopic (exact) mass is 109 g/mol. The van der Waals surface area contributed by atoms with Crippen LogP contribution in [0.3, 0.4) is 0 Å². The molecule has 6 heavy (non-hydrogen) atoms. The fourth-order valence-electron chi connectivity index (χ4n) is 0.250. The van der Waals surface area contributed by atoms with Crippen LogP contribution in [0, 0.1) is 0 Å². The number of hydrogen-bond donors (Lipinski definition) is 1. The molecule has 1 aliphatic carbocycles. The molecule has 0 aromatic heterocycles. The fraction of sp³-hybridized carbons (Fsp3) is 1.00. The molecule has 0 bridgehead atoms. The summed E-state index contributed by atoms with van der Waals surface area (Å²) in [5, 5.41) is 0. The van der Waals surface area contributed by atoms with Crippen molar-refractivity contribution >= 4 is 12.4 Å². The summed E-state index contributed by atoms with van der Waals surface area (Å²) < 4.78 is 0. The lowest BCUT2D eigenvalue weighted by Gasteiger charge is -2.05. The first-order valence-electron chi connectivity index (χ1n) is 2.00. The SMILES string of the molecule is C1CCC1.Cl.N. The van der Waals surface area contributed by atoms with Crippen LogP contribution in [0.15, 0.2) is 0 Å². The molecule has 0 aromatic rings.